The van der Waals surface area contributed by atoms with Gasteiger partial charge in [-0.25, -0.2) is 0 Å². The minimum absolute atomic E-state index is 0.0293. The number of rotatable bonds is 6. The quantitative estimate of drug-likeness (QED) is 0.633. The van der Waals surface area contributed by atoms with Gasteiger partial charge in [-0.1, -0.05) is 19.3 Å². The summed E-state index contributed by atoms with van der Waals surface area (Å²) in [5, 5.41) is 0. The lowest BCUT2D eigenvalue weighted by molar-refractivity contribution is -0.123. The predicted octanol–water partition coefficient (Wildman–Crippen LogP) is 2.44. The van der Waals surface area contributed by atoms with Gasteiger partial charge in [-0.3, -0.25) is 4.79 Å². The highest BCUT2D eigenvalue weighted by Crippen LogP contribution is 2.29. The molecule has 4 nitrogen and oxygen atoms in total. The number of amides is 1. The van der Waals surface area contributed by atoms with Gasteiger partial charge in [-0.2, -0.15) is 0 Å². The van der Waals surface area contributed by atoms with Crippen LogP contribution in [0.25, 0.3) is 0 Å². The Balaban J connectivity index is 1.70. The molecule has 0 radical (unpaired) electrons. The van der Waals surface area contributed by atoms with Crippen LogP contribution < -0.4 is 10.6 Å². The van der Waals surface area contributed by atoms with Gasteiger partial charge in [0.2, 0.25) is 0 Å². The van der Waals surface area contributed by atoms with Gasteiger partial charge in [0, 0.05) is 25.0 Å². The van der Waals surface area contributed by atoms with E-state index in [1.54, 1.807) is 24.1 Å². The fourth-order valence-corrected chi connectivity index (χ4v) is 2.13. The molecule has 0 atom stereocenters. The van der Waals surface area contributed by atoms with Gasteiger partial charge < -0.3 is 15.4 Å². The zero-order valence-electron chi connectivity index (χ0n) is 11.5. The molecular weight excluding hydrogens is 240 g/mol. The maximum Gasteiger partial charge on any atom is 0.252 e. The van der Waals surface area contributed by atoms with Gasteiger partial charge >= 0.3 is 0 Å². The summed E-state index contributed by atoms with van der Waals surface area (Å²) in [5.41, 5.74) is 7.15. The van der Waals surface area contributed by atoms with Gasteiger partial charge in [0.25, 0.3) is 5.91 Å². The number of anilines is 2. The minimum Gasteiger partial charge on any atom is -0.399 e. The summed E-state index contributed by atoms with van der Waals surface area (Å²) >= 11 is 0. The van der Waals surface area contributed by atoms with Crippen LogP contribution in [0.15, 0.2) is 24.3 Å². The first-order valence-electron chi connectivity index (χ1n) is 6.86. The number of nitrogen functional groups attached to an aromatic ring is 1. The number of hydrogen-bond acceptors (Lipinski definition) is 3. The van der Waals surface area contributed by atoms with E-state index in [1.165, 1.54) is 19.3 Å². The molecule has 1 saturated carbocycles. The first-order valence-corrected chi connectivity index (χ1v) is 6.86. The van der Waals surface area contributed by atoms with E-state index in [4.69, 9.17) is 10.5 Å². The first-order chi connectivity index (χ1) is 9.16. The Morgan fingerprint density at radius 1 is 1.37 bits per heavy atom. The normalized spacial score (nSPS) is 15.0. The van der Waals surface area contributed by atoms with E-state index in [9.17, 15) is 4.79 Å². The van der Waals surface area contributed by atoms with Crippen molar-refractivity contribution in [3.05, 3.63) is 24.3 Å². The Bertz CT molecular complexity index is 413. The van der Waals surface area contributed by atoms with Crippen molar-refractivity contribution < 1.29 is 9.53 Å². The summed E-state index contributed by atoms with van der Waals surface area (Å²) in [6, 6.07) is 7.25. The van der Waals surface area contributed by atoms with E-state index in [-0.39, 0.29) is 12.5 Å². The average Bonchev–Trinajstić information content (AvgIpc) is 2.36. The fraction of sp³-hybridized carbons (Fsp3) is 0.533. The number of carbonyl (C=O) groups is 1. The number of benzene rings is 1. The predicted molar refractivity (Wildman–Crippen MR) is 77.0 cm³/mol. The molecule has 0 unspecified atom stereocenters. The van der Waals surface area contributed by atoms with Crippen molar-refractivity contribution in [1.82, 2.24) is 0 Å². The molecule has 1 aliphatic rings. The fourth-order valence-electron chi connectivity index (χ4n) is 2.13. The summed E-state index contributed by atoms with van der Waals surface area (Å²) < 4.78 is 5.45. The van der Waals surface area contributed by atoms with Crippen LogP contribution in [0.4, 0.5) is 11.4 Å². The number of nitrogens with two attached hydrogens (primary N) is 1. The second kappa shape index (κ2) is 6.57. The average molecular weight is 262 g/mol. The molecule has 0 aliphatic heterocycles. The smallest absolute Gasteiger partial charge is 0.252 e. The third-order valence-electron chi connectivity index (χ3n) is 3.78. The molecule has 104 valence electrons. The molecule has 2 N–H and O–H groups in total. The van der Waals surface area contributed by atoms with E-state index in [2.05, 4.69) is 0 Å². The largest absolute Gasteiger partial charge is 0.399 e. The van der Waals surface area contributed by atoms with Crippen LogP contribution in [-0.4, -0.2) is 26.2 Å². The van der Waals surface area contributed by atoms with Crippen molar-refractivity contribution in [2.24, 2.45) is 5.92 Å². The summed E-state index contributed by atoms with van der Waals surface area (Å²) in [4.78, 5) is 13.5. The van der Waals surface area contributed by atoms with E-state index in [0.717, 1.165) is 18.0 Å². The summed E-state index contributed by atoms with van der Waals surface area (Å²) in [6.45, 7) is 0.833. The Labute approximate surface area is 114 Å². The van der Waals surface area contributed by atoms with Crippen LogP contribution in [0.3, 0.4) is 0 Å². The van der Waals surface area contributed by atoms with Gasteiger partial charge in [0.15, 0.2) is 0 Å². The van der Waals surface area contributed by atoms with E-state index in [0.29, 0.717) is 12.3 Å². The zero-order chi connectivity index (χ0) is 13.7. The molecule has 0 saturated heterocycles. The molecule has 0 bridgehead atoms. The Morgan fingerprint density at radius 3 is 2.63 bits per heavy atom. The van der Waals surface area contributed by atoms with Crippen LogP contribution in [0.1, 0.15) is 25.7 Å². The molecule has 0 heterocycles. The molecule has 1 amide bonds. The minimum atomic E-state index is -0.0293. The van der Waals surface area contributed by atoms with Crippen LogP contribution in [0.5, 0.6) is 0 Å². The van der Waals surface area contributed by atoms with Gasteiger partial charge in [0.1, 0.15) is 6.61 Å². The van der Waals surface area contributed by atoms with E-state index >= 15 is 0 Å². The Kier molecular flexibility index (Phi) is 4.80. The van der Waals surface area contributed by atoms with Crippen molar-refractivity contribution in [2.45, 2.75) is 25.7 Å². The molecular formula is C15H22N2O2. The molecule has 2 rings (SSSR count). The Hall–Kier alpha value is -1.55. The summed E-state index contributed by atoms with van der Waals surface area (Å²) in [6.07, 6.45) is 5.08. The molecule has 1 aromatic rings. The lowest BCUT2D eigenvalue weighted by atomic mass is 9.83. The number of carbonyl (C=O) groups excluding carboxylic acids is 1. The molecule has 4 heteroatoms. The number of hydrogen-bond donors (Lipinski definition) is 1. The number of nitrogens with zero attached hydrogens (tertiary/aromatic N) is 1. The van der Waals surface area contributed by atoms with Crippen LogP contribution in [0, 0.1) is 5.92 Å². The van der Waals surface area contributed by atoms with Gasteiger partial charge in [0.05, 0.1) is 0 Å². The number of likely N-dealkylation sites (N-methyl/N-ethyl adjacent to an activating group) is 1. The second-order valence-electron chi connectivity index (χ2n) is 5.18. The van der Waals surface area contributed by atoms with Crippen LogP contribution >= 0.6 is 0 Å². The van der Waals surface area contributed by atoms with Crippen molar-refractivity contribution in [3.63, 3.8) is 0 Å². The highest BCUT2D eigenvalue weighted by atomic mass is 16.5. The Morgan fingerprint density at radius 2 is 2.05 bits per heavy atom. The maximum atomic E-state index is 11.9. The monoisotopic (exact) mass is 262 g/mol. The SMILES string of the molecule is CN(C(=O)COCCC1CCC1)c1ccc(N)cc1. The second-order valence-corrected chi connectivity index (χ2v) is 5.18. The third kappa shape index (κ3) is 3.96. The lowest BCUT2D eigenvalue weighted by Crippen LogP contribution is -2.30. The molecule has 1 aliphatic carbocycles. The molecule has 1 fully saturated rings. The van der Waals surface area contributed by atoms with Crippen molar-refractivity contribution in [2.75, 3.05) is 30.9 Å². The lowest BCUT2D eigenvalue weighted by Gasteiger charge is -2.25. The van der Waals surface area contributed by atoms with Crippen molar-refractivity contribution >= 4 is 17.3 Å². The van der Waals surface area contributed by atoms with Crippen molar-refractivity contribution in [1.29, 1.82) is 0 Å². The zero-order valence-corrected chi connectivity index (χ0v) is 11.5. The number of ether oxygens (including phenoxy) is 1. The first kappa shape index (κ1) is 13.9. The van der Waals surface area contributed by atoms with Crippen LogP contribution in [-0.2, 0) is 9.53 Å². The maximum absolute atomic E-state index is 11.9. The molecule has 0 aromatic heterocycles. The topological polar surface area (TPSA) is 55.6 Å². The molecule has 1 aromatic carbocycles. The molecule has 0 spiro atoms. The van der Waals surface area contributed by atoms with Gasteiger partial charge in [-0.15, -0.1) is 0 Å². The van der Waals surface area contributed by atoms with E-state index in [1.807, 2.05) is 12.1 Å². The standard InChI is InChI=1S/C15H22N2O2/c1-17(14-7-5-13(16)6-8-14)15(18)11-19-10-9-12-3-2-4-12/h5-8,12H,2-4,9-11,16H2,1H3. The molecule has 19 heavy (non-hydrogen) atoms. The highest BCUT2D eigenvalue weighted by Gasteiger charge is 2.17. The van der Waals surface area contributed by atoms with Gasteiger partial charge in [-0.05, 0) is 36.6 Å². The van der Waals surface area contributed by atoms with Crippen molar-refractivity contribution in [3.8, 4) is 0 Å². The summed E-state index contributed by atoms with van der Waals surface area (Å²) in [5.74, 6) is 0.795. The third-order valence-corrected chi connectivity index (χ3v) is 3.78. The van der Waals surface area contributed by atoms with Crippen LogP contribution in [0.2, 0.25) is 0 Å². The highest BCUT2D eigenvalue weighted by molar-refractivity contribution is 5.93. The summed E-state index contributed by atoms with van der Waals surface area (Å²) in [7, 11) is 1.75. The van der Waals surface area contributed by atoms with E-state index < -0.39 is 0 Å².